The van der Waals surface area contributed by atoms with Gasteiger partial charge in [0.2, 0.25) is 5.91 Å². The van der Waals surface area contributed by atoms with Crippen LogP contribution < -0.4 is 10.1 Å². The number of rotatable bonds is 4. The fourth-order valence-corrected chi connectivity index (χ4v) is 1.91. The molecule has 1 aromatic heterocycles. The Kier molecular flexibility index (Phi) is 4.52. The zero-order valence-corrected chi connectivity index (χ0v) is 12.0. The Morgan fingerprint density at radius 2 is 2.11 bits per heavy atom. The summed E-state index contributed by atoms with van der Waals surface area (Å²) in [6, 6.07) is 11.0. The van der Waals surface area contributed by atoms with Crippen molar-refractivity contribution in [3.63, 3.8) is 0 Å². The number of nitrogens with zero attached hydrogens (tertiary/aromatic N) is 1. The van der Waals surface area contributed by atoms with Crippen molar-refractivity contribution in [2.75, 3.05) is 12.4 Å². The first-order valence-corrected chi connectivity index (χ1v) is 6.51. The summed E-state index contributed by atoms with van der Waals surface area (Å²) in [6.07, 6.45) is 1.87. The van der Waals surface area contributed by atoms with Crippen LogP contribution in [0.4, 0.5) is 5.69 Å². The normalized spacial score (nSPS) is 10.0. The number of anilines is 1. The molecule has 1 aromatic carbocycles. The number of hydrogen-bond donors (Lipinski definition) is 1. The van der Waals surface area contributed by atoms with Crippen molar-refractivity contribution in [2.24, 2.45) is 0 Å². The fourth-order valence-electron chi connectivity index (χ4n) is 1.68. The van der Waals surface area contributed by atoms with Crippen molar-refractivity contribution in [1.82, 2.24) is 4.98 Å². The van der Waals surface area contributed by atoms with Crippen LogP contribution in [0.25, 0.3) is 0 Å². The molecule has 0 aliphatic heterocycles. The van der Waals surface area contributed by atoms with Gasteiger partial charge in [-0.25, -0.2) is 4.98 Å². The molecule has 98 valence electrons. The number of nitrogens with one attached hydrogen (secondary N) is 1. The molecule has 0 bridgehead atoms. The van der Waals surface area contributed by atoms with Gasteiger partial charge in [-0.05, 0) is 34.1 Å². The maximum absolute atomic E-state index is 11.9. The van der Waals surface area contributed by atoms with Crippen molar-refractivity contribution < 1.29 is 9.53 Å². The average molecular weight is 321 g/mol. The molecule has 0 fully saturated rings. The van der Waals surface area contributed by atoms with E-state index in [1.165, 1.54) is 0 Å². The molecule has 5 heteroatoms. The minimum atomic E-state index is -0.103. The highest BCUT2D eigenvalue weighted by Crippen LogP contribution is 2.18. The van der Waals surface area contributed by atoms with E-state index in [0.717, 1.165) is 10.2 Å². The Hall–Kier alpha value is -1.88. The molecule has 0 aliphatic carbocycles. The van der Waals surface area contributed by atoms with Crippen molar-refractivity contribution in [1.29, 1.82) is 0 Å². The SMILES string of the molecule is COc1ccccc1CC(=O)Nc1ccc(Br)nc1. The summed E-state index contributed by atoms with van der Waals surface area (Å²) in [5, 5.41) is 2.79. The number of carbonyl (C=O) groups excluding carboxylic acids is 1. The summed E-state index contributed by atoms with van der Waals surface area (Å²) in [7, 11) is 1.59. The Morgan fingerprint density at radius 1 is 1.32 bits per heavy atom. The molecule has 0 saturated heterocycles. The topological polar surface area (TPSA) is 51.2 Å². The van der Waals surface area contributed by atoms with Gasteiger partial charge < -0.3 is 10.1 Å². The van der Waals surface area contributed by atoms with Crippen LogP contribution in [-0.2, 0) is 11.2 Å². The number of hydrogen-bond acceptors (Lipinski definition) is 3. The van der Waals surface area contributed by atoms with E-state index < -0.39 is 0 Å². The van der Waals surface area contributed by atoms with Crippen LogP contribution in [0.15, 0.2) is 47.2 Å². The van der Waals surface area contributed by atoms with Crippen molar-refractivity contribution >= 4 is 27.5 Å². The molecule has 1 amide bonds. The summed E-state index contributed by atoms with van der Waals surface area (Å²) >= 11 is 3.24. The molecular formula is C14H13BrN2O2. The number of carbonyl (C=O) groups is 1. The number of aromatic nitrogens is 1. The predicted octanol–water partition coefficient (Wildman–Crippen LogP) is 3.03. The monoisotopic (exact) mass is 320 g/mol. The Balaban J connectivity index is 2.03. The van der Waals surface area contributed by atoms with E-state index >= 15 is 0 Å². The third-order valence-electron chi connectivity index (χ3n) is 2.55. The number of benzene rings is 1. The van der Waals surface area contributed by atoms with Gasteiger partial charge in [-0.2, -0.15) is 0 Å². The molecule has 2 rings (SSSR count). The number of ether oxygens (including phenoxy) is 1. The lowest BCUT2D eigenvalue weighted by Crippen LogP contribution is -2.15. The van der Waals surface area contributed by atoms with Gasteiger partial charge in [0.05, 0.1) is 25.4 Å². The van der Waals surface area contributed by atoms with Crippen LogP contribution >= 0.6 is 15.9 Å². The van der Waals surface area contributed by atoms with E-state index in [1.54, 1.807) is 25.4 Å². The number of methoxy groups -OCH3 is 1. The second kappa shape index (κ2) is 6.33. The van der Waals surface area contributed by atoms with Crippen LogP contribution in [0.2, 0.25) is 0 Å². The highest BCUT2D eigenvalue weighted by Gasteiger charge is 2.08. The molecule has 0 radical (unpaired) electrons. The second-order valence-corrected chi connectivity index (χ2v) is 4.72. The lowest BCUT2D eigenvalue weighted by molar-refractivity contribution is -0.115. The molecule has 1 N–H and O–H groups in total. The van der Waals surface area contributed by atoms with Gasteiger partial charge >= 0.3 is 0 Å². The van der Waals surface area contributed by atoms with Crippen molar-refractivity contribution in [3.05, 3.63) is 52.8 Å². The highest BCUT2D eigenvalue weighted by atomic mass is 79.9. The Morgan fingerprint density at radius 3 is 2.79 bits per heavy atom. The Labute approximate surface area is 119 Å². The molecule has 0 saturated carbocycles. The molecule has 4 nitrogen and oxygen atoms in total. The zero-order valence-electron chi connectivity index (χ0n) is 10.4. The van der Waals surface area contributed by atoms with Gasteiger partial charge in [-0.1, -0.05) is 18.2 Å². The van der Waals surface area contributed by atoms with Crippen LogP contribution in [0, 0.1) is 0 Å². The van der Waals surface area contributed by atoms with Gasteiger partial charge in [0, 0.05) is 5.56 Å². The lowest BCUT2D eigenvalue weighted by atomic mass is 10.1. The third-order valence-corrected chi connectivity index (χ3v) is 3.02. The highest BCUT2D eigenvalue weighted by molar-refractivity contribution is 9.10. The molecular weight excluding hydrogens is 308 g/mol. The van der Waals surface area contributed by atoms with Crippen molar-refractivity contribution in [2.45, 2.75) is 6.42 Å². The average Bonchev–Trinajstić information content (AvgIpc) is 2.42. The summed E-state index contributed by atoms with van der Waals surface area (Å²) in [5.74, 6) is 0.611. The molecule has 0 unspecified atom stereocenters. The third kappa shape index (κ3) is 3.79. The number of pyridine rings is 1. The first kappa shape index (κ1) is 13.5. The number of para-hydroxylation sites is 1. The molecule has 0 aliphatic rings. The maximum atomic E-state index is 11.9. The Bertz CT molecular complexity index is 570. The molecule has 2 aromatic rings. The van der Waals surface area contributed by atoms with E-state index in [2.05, 4.69) is 26.2 Å². The second-order valence-electron chi connectivity index (χ2n) is 3.91. The summed E-state index contributed by atoms with van der Waals surface area (Å²) < 4.78 is 5.95. The predicted molar refractivity (Wildman–Crippen MR) is 77.3 cm³/mol. The summed E-state index contributed by atoms with van der Waals surface area (Å²) in [5.41, 5.74) is 1.52. The first-order valence-electron chi connectivity index (χ1n) is 5.72. The number of amides is 1. The minimum Gasteiger partial charge on any atom is -0.496 e. The lowest BCUT2D eigenvalue weighted by Gasteiger charge is -2.08. The van der Waals surface area contributed by atoms with E-state index in [1.807, 2.05) is 24.3 Å². The largest absolute Gasteiger partial charge is 0.496 e. The van der Waals surface area contributed by atoms with Gasteiger partial charge in [-0.15, -0.1) is 0 Å². The summed E-state index contributed by atoms with van der Waals surface area (Å²) in [6.45, 7) is 0. The van der Waals surface area contributed by atoms with E-state index in [4.69, 9.17) is 4.74 Å². The molecule has 0 spiro atoms. The van der Waals surface area contributed by atoms with Gasteiger partial charge in [-0.3, -0.25) is 4.79 Å². The van der Waals surface area contributed by atoms with Crippen LogP contribution in [0.1, 0.15) is 5.56 Å². The fraction of sp³-hybridized carbons (Fsp3) is 0.143. The molecule has 0 atom stereocenters. The maximum Gasteiger partial charge on any atom is 0.228 e. The van der Waals surface area contributed by atoms with Crippen LogP contribution in [0.3, 0.4) is 0 Å². The van der Waals surface area contributed by atoms with Gasteiger partial charge in [0.1, 0.15) is 10.4 Å². The smallest absolute Gasteiger partial charge is 0.228 e. The molecule has 19 heavy (non-hydrogen) atoms. The zero-order chi connectivity index (χ0) is 13.7. The number of halogens is 1. The first-order chi connectivity index (χ1) is 9.19. The van der Waals surface area contributed by atoms with Crippen molar-refractivity contribution in [3.8, 4) is 5.75 Å². The van der Waals surface area contributed by atoms with Gasteiger partial charge in [0.25, 0.3) is 0 Å². The standard InChI is InChI=1S/C14H13BrN2O2/c1-19-12-5-3-2-4-10(12)8-14(18)17-11-6-7-13(15)16-9-11/h2-7,9H,8H2,1H3,(H,17,18). The molecule has 1 heterocycles. The van der Waals surface area contributed by atoms with Crippen LogP contribution in [0.5, 0.6) is 5.75 Å². The van der Waals surface area contributed by atoms with Gasteiger partial charge in [0.15, 0.2) is 0 Å². The van der Waals surface area contributed by atoms with E-state index in [9.17, 15) is 4.79 Å². The van der Waals surface area contributed by atoms with E-state index in [-0.39, 0.29) is 12.3 Å². The van der Waals surface area contributed by atoms with Crippen LogP contribution in [-0.4, -0.2) is 18.0 Å². The van der Waals surface area contributed by atoms with E-state index in [0.29, 0.717) is 11.4 Å². The minimum absolute atomic E-state index is 0.103. The summed E-state index contributed by atoms with van der Waals surface area (Å²) in [4.78, 5) is 16.0. The quantitative estimate of drug-likeness (QED) is 0.881.